The lowest BCUT2D eigenvalue weighted by molar-refractivity contribution is 0.244. The Morgan fingerprint density at radius 1 is 1.50 bits per heavy atom. The van der Waals surface area contributed by atoms with Crippen molar-refractivity contribution in [2.45, 2.75) is 11.5 Å². The van der Waals surface area contributed by atoms with Crippen LogP contribution in [0.15, 0.2) is 27.5 Å². The van der Waals surface area contributed by atoms with Crippen LogP contribution in [0.1, 0.15) is 5.89 Å². The molecule has 1 N–H and O–H groups in total. The predicted molar refractivity (Wildman–Crippen MR) is 47.2 cm³/mol. The largest absolute Gasteiger partial charge is 0.438 e. The molecule has 1 heterocycles. The average molecular weight is 181 g/mol. The van der Waals surface area contributed by atoms with Gasteiger partial charge in [-0.1, -0.05) is 0 Å². The summed E-state index contributed by atoms with van der Waals surface area (Å²) < 4.78 is 5.18. The van der Waals surface area contributed by atoms with Crippen molar-refractivity contribution in [3.63, 3.8) is 0 Å². The minimum Gasteiger partial charge on any atom is -0.438 e. The Labute approximate surface area is 74.4 Å². The van der Waals surface area contributed by atoms with Gasteiger partial charge in [0.2, 0.25) is 5.89 Å². The molecule has 1 aromatic carbocycles. The summed E-state index contributed by atoms with van der Waals surface area (Å²) in [7, 11) is 0. The monoisotopic (exact) mass is 181 g/mol. The Morgan fingerprint density at radius 3 is 3.08 bits per heavy atom. The Bertz CT molecular complexity index is 410. The van der Waals surface area contributed by atoms with Gasteiger partial charge in [0.25, 0.3) is 0 Å². The number of hydrogen-bond acceptors (Lipinski definition) is 4. The summed E-state index contributed by atoms with van der Waals surface area (Å²) in [6.07, 6.45) is 0. The highest BCUT2D eigenvalue weighted by Gasteiger charge is 2.03. The van der Waals surface area contributed by atoms with E-state index in [0.29, 0.717) is 11.5 Å². The van der Waals surface area contributed by atoms with Crippen molar-refractivity contribution in [2.24, 2.45) is 0 Å². The van der Waals surface area contributed by atoms with Crippen molar-refractivity contribution >= 4 is 23.7 Å². The van der Waals surface area contributed by atoms with Gasteiger partial charge in [0.15, 0.2) is 5.58 Å². The molecule has 0 saturated carbocycles. The number of rotatable bonds is 1. The SMILES string of the molecule is OCc1nc2cc(S)ccc2o1. The van der Waals surface area contributed by atoms with E-state index >= 15 is 0 Å². The summed E-state index contributed by atoms with van der Waals surface area (Å²) in [5.74, 6) is 0.337. The molecule has 3 nitrogen and oxygen atoms in total. The minimum absolute atomic E-state index is 0.170. The first kappa shape index (κ1) is 7.64. The van der Waals surface area contributed by atoms with Crippen LogP contribution in [-0.4, -0.2) is 10.1 Å². The van der Waals surface area contributed by atoms with E-state index in [9.17, 15) is 0 Å². The van der Waals surface area contributed by atoms with Crippen LogP contribution in [0.5, 0.6) is 0 Å². The molecule has 0 aliphatic heterocycles. The summed E-state index contributed by atoms with van der Waals surface area (Å²) in [4.78, 5) is 4.86. The molecule has 0 saturated heterocycles. The first-order chi connectivity index (χ1) is 5.79. The van der Waals surface area contributed by atoms with Crippen molar-refractivity contribution in [2.75, 3.05) is 0 Å². The zero-order chi connectivity index (χ0) is 8.55. The van der Waals surface area contributed by atoms with Gasteiger partial charge in [-0.05, 0) is 18.2 Å². The third-order valence-electron chi connectivity index (χ3n) is 1.55. The minimum atomic E-state index is -0.170. The molecule has 12 heavy (non-hydrogen) atoms. The van der Waals surface area contributed by atoms with Gasteiger partial charge in [-0.15, -0.1) is 12.6 Å². The Morgan fingerprint density at radius 2 is 2.33 bits per heavy atom. The fourth-order valence-corrected chi connectivity index (χ4v) is 1.23. The van der Waals surface area contributed by atoms with Gasteiger partial charge in [0.05, 0.1) is 0 Å². The quantitative estimate of drug-likeness (QED) is 0.657. The van der Waals surface area contributed by atoms with Crippen molar-refractivity contribution < 1.29 is 9.52 Å². The Balaban J connectivity index is 2.67. The van der Waals surface area contributed by atoms with Gasteiger partial charge in [-0.25, -0.2) is 4.98 Å². The lowest BCUT2D eigenvalue weighted by Gasteiger charge is -1.86. The molecule has 0 fully saturated rings. The molecule has 0 radical (unpaired) electrons. The van der Waals surface area contributed by atoms with Gasteiger partial charge < -0.3 is 9.52 Å². The highest BCUT2D eigenvalue weighted by Crippen LogP contribution is 2.18. The predicted octanol–water partition coefficient (Wildman–Crippen LogP) is 1.61. The molecule has 62 valence electrons. The van der Waals surface area contributed by atoms with E-state index < -0.39 is 0 Å². The molecule has 4 heteroatoms. The van der Waals surface area contributed by atoms with E-state index in [2.05, 4.69) is 17.6 Å². The van der Waals surface area contributed by atoms with Crippen molar-refractivity contribution in [1.82, 2.24) is 4.98 Å². The molecule has 0 unspecified atom stereocenters. The van der Waals surface area contributed by atoms with E-state index in [1.165, 1.54) is 0 Å². The average Bonchev–Trinajstić information content (AvgIpc) is 2.46. The molecule has 0 spiro atoms. The maximum absolute atomic E-state index is 8.73. The molecule has 0 amide bonds. The van der Waals surface area contributed by atoms with Crippen LogP contribution >= 0.6 is 12.6 Å². The summed E-state index contributed by atoms with van der Waals surface area (Å²) in [6.45, 7) is -0.170. The lowest BCUT2D eigenvalue weighted by atomic mass is 10.3. The number of fused-ring (bicyclic) bond motifs is 1. The highest BCUT2D eigenvalue weighted by molar-refractivity contribution is 7.80. The molecule has 0 bridgehead atoms. The van der Waals surface area contributed by atoms with Crippen LogP contribution in [0.4, 0.5) is 0 Å². The summed E-state index contributed by atoms with van der Waals surface area (Å²) in [5, 5.41) is 8.73. The zero-order valence-corrected chi connectivity index (χ0v) is 7.08. The van der Waals surface area contributed by atoms with Gasteiger partial charge in [0.1, 0.15) is 12.1 Å². The molecular weight excluding hydrogens is 174 g/mol. The van der Waals surface area contributed by atoms with E-state index in [1.807, 2.05) is 6.07 Å². The highest BCUT2D eigenvalue weighted by atomic mass is 32.1. The number of thiol groups is 1. The second-order valence-corrected chi connectivity index (χ2v) is 2.93. The van der Waals surface area contributed by atoms with E-state index in [4.69, 9.17) is 9.52 Å². The normalized spacial score (nSPS) is 10.8. The summed E-state index contributed by atoms with van der Waals surface area (Å²) in [6, 6.07) is 5.39. The first-order valence-corrected chi connectivity index (χ1v) is 3.93. The van der Waals surface area contributed by atoms with Crippen LogP contribution in [0.25, 0.3) is 11.1 Å². The topological polar surface area (TPSA) is 46.3 Å². The first-order valence-electron chi connectivity index (χ1n) is 3.49. The van der Waals surface area contributed by atoms with Crippen LogP contribution in [0.2, 0.25) is 0 Å². The third kappa shape index (κ3) is 1.19. The molecule has 2 rings (SSSR count). The van der Waals surface area contributed by atoms with Gasteiger partial charge >= 0.3 is 0 Å². The maximum atomic E-state index is 8.73. The second kappa shape index (κ2) is 2.80. The van der Waals surface area contributed by atoms with Gasteiger partial charge in [0, 0.05) is 4.90 Å². The lowest BCUT2D eigenvalue weighted by Crippen LogP contribution is -1.78. The van der Waals surface area contributed by atoms with Crippen molar-refractivity contribution in [3.8, 4) is 0 Å². The number of aliphatic hydroxyl groups is 1. The van der Waals surface area contributed by atoms with E-state index in [0.717, 1.165) is 10.4 Å². The molecule has 0 aliphatic carbocycles. The maximum Gasteiger partial charge on any atom is 0.221 e. The van der Waals surface area contributed by atoms with Crippen LogP contribution in [-0.2, 0) is 6.61 Å². The van der Waals surface area contributed by atoms with Crippen LogP contribution < -0.4 is 0 Å². The van der Waals surface area contributed by atoms with Crippen molar-refractivity contribution in [3.05, 3.63) is 24.1 Å². The smallest absolute Gasteiger partial charge is 0.221 e. The Hall–Kier alpha value is -1.00. The molecule has 0 atom stereocenters. The fourth-order valence-electron chi connectivity index (χ4n) is 1.03. The van der Waals surface area contributed by atoms with Crippen LogP contribution in [0, 0.1) is 0 Å². The summed E-state index contributed by atoms with van der Waals surface area (Å²) >= 11 is 4.15. The number of nitrogens with zero attached hydrogens (tertiary/aromatic N) is 1. The van der Waals surface area contributed by atoms with Gasteiger partial charge in [-0.3, -0.25) is 0 Å². The van der Waals surface area contributed by atoms with Crippen LogP contribution in [0.3, 0.4) is 0 Å². The van der Waals surface area contributed by atoms with Gasteiger partial charge in [-0.2, -0.15) is 0 Å². The zero-order valence-electron chi connectivity index (χ0n) is 6.19. The summed E-state index contributed by atoms with van der Waals surface area (Å²) in [5.41, 5.74) is 1.41. The number of aliphatic hydroxyl groups excluding tert-OH is 1. The number of benzene rings is 1. The molecular formula is C8H7NO2S. The second-order valence-electron chi connectivity index (χ2n) is 2.42. The third-order valence-corrected chi connectivity index (χ3v) is 1.83. The molecule has 1 aromatic heterocycles. The van der Waals surface area contributed by atoms with Crippen molar-refractivity contribution in [1.29, 1.82) is 0 Å². The number of oxazole rings is 1. The fraction of sp³-hybridized carbons (Fsp3) is 0.125. The number of aromatic nitrogens is 1. The number of hydrogen-bond donors (Lipinski definition) is 2. The standard InChI is InChI=1S/C8H7NO2S/c10-4-8-9-6-3-5(12)1-2-7(6)11-8/h1-3,10,12H,4H2. The molecule has 2 aromatic rings. The van der Waals surface area contributed by atoms with E-state index in [1.54, 1.807) is 12.1 Å². The molecule has 0 aliphatic rings. The Kier molecular flexibility index (Phi) is 1.78. The van der Waals surface area contributed by atoms with E-state index in [-0.39, 0.29) is 6.61 Å².